The van der Waals surface area contributed by atoms with Crippen LogP contribution in [-0.4, -0.2) is 34.2 Å². The summed E-state index contributed by atoms with van der Waals surface area (Å²) in [5.74, 6) is -0.0779. The van der Waals surface area contributed by atoms with Gasteiger partial charge in [0.2, 0.25) is 5.78 Å². The summed E-state index contributed by atoms with van der Waals surface area (Å²) in [4.78, 5) is 23.3. The molecule has 2 heterocycles. The van der Waals surface area contributed by atoms with Crippen LogP contribution in [0.5, 0.6) is 0 Å². The molecule has 1 N–H and O–H groups in total. The maximum atomic E-state index is 11.8. The van der Waals surface area contributed by atoms with Crippen molar-refractivity contribution in [2.75, 3.05) is 0 Å². The van der Waals surface area contributed by atoms with Crippen molar-refractivity contribution in [3.05, 3.63) is 35.1 Å². The molecule has 0 amide bonds. The smallest absolute Gasteiger partial charge is 0.331 e. The molecule has 2 aliphatic rings. The molecule has 0 fully saturated rings. The highest BCUT2D eigenvalue weighted by molar-refractivity contribution is 5.99. The van der Waals surface area contributed by atoms with Gasteiger partial charge in [0.05, 0.1) is 0 Å². The molecular weight excluding hydrogens is 320 g/mol. The minimum atomic E-state index is -1.17. The third kappa shape index (κ3) is 5.05. The lowest BCUT2D eigenvalue weighted by Crippen LogP contribution is -2.32. The minimum absolute atomic E-state index is 0.124. The summed E-state index contributed by atoms with van der Waals surface area (Å²) in [7, 11) is 0. The van der Waals surface area contributed by atoms with E-state index in [0.717, 1.165) is 30.4 Å². The topological polar surface area (TPSA) is 72.8 Å². The number of carbonyl (C=O) groups is 2. The number of aliphatic hydroxyl groups is 1. The van der Waals surface area contributed by atoms with E-state index in [1.165, 1.54) is 12.2 Å². The van der Waals surface area contributed by atoms with Crippen LogP contribution in [0.1, 0.15) is 60.3 Å². The fourth-order valence-electron chi connectivity index (χ4n) is 3.04. The zero-order valence-electron chi connectivity index (χ0n) is 15.7. The molecule has 5 nitrogen and oxygen atoms in total. The van der Waals surface area contributed by atoms with Crippen molar-refractivity contribution in [3.8, 4) is 0 Å². The summed E-state index contributed by atoms with van der Waals surface area (Å²) in [5, 5.41) is 10.6. The van der Waals surface area contributed by atoms with Crippen LogP contribution in [0.3, 0.4) is 0 Å². The predicted octanol–water partition coefficient (Wildman–Crippen LogP) is 3.38. The van der Waals surface area contributed by atoms with E-state index in [1.54, 1.807) is 20.8 Å². The molecule has 0 saturated heterocycles. The highest BCUT2D eigenvalue weighted by atomic mass is 16.5. The third-order valence-corrected chi connectivity index (χ3v) is 4.61. The van der Waals surface area contributed by atoms with Gasteiger partial charge in [-0.25, -0.2) is 4.79 Å². The summed E-state index contributed by atoms with van der Waals surface area (Å²) in [6, 6.07) is 0. The number of cyclic esters (lactones) is 1. The first-order valence-corrected chi connectivity index (χ1v) is 8.73. The first-order valence-electron chi connectivity index (χ1n) is 8.73. The Labute approximate surface area is 149 Å². The Balaban J connectivity index is 1.86. The molecule has 5 heteroatoms. The Morgan fingerprint density at radius 3 is 2.64 bits per heavy atom. The number of hydrogen-bond donors (Lipinski definition) is 1. The van der Waals surface area contributed by atoms with Gasteiger partial charge in [0.25, 0.3) is 0 Å². The maximum absolute atomic E-state index is 11.8. The average molecular weight is 348 g/mol. The first-order chi connectivity index (χ1) is 11.5. The summed E-state index contributed by atoms with van der Waals surface area (Å²) in [6.45, 7) is 8.98. The molecule has 0 aromatic carbocycles. The van der Waals surface area contributed by atoms with Crippen molar-refractivity contribution in [2.24, 2.45) is 0 Å². The minimum Gasteiger partial charge on any atom is -0.481 e. The lowest BCUT2D eigenvalue weighted by Gasteiger charge is -2.28. The molecule has 0 spiro atoms. The quantitative estimate of drug-likeness (QED) is 0.588. The number of hydrogen-bond acceptors (Lipinski definition) is 5. The lowest BCUT2D eigenvalue weighted by molar-refractivity contribution is -0.142. The van der Waals surface area contributed by atoms with Gasteiger partial charge in [-0.05, 0) is 60.0 Å². The van der Waals surface area contributed by atoms with E-state index >= 15 is 0 Å². The zero-order chi connectivity index (χ0) is 18.8. The number of esters is 1. The highest BCUT2D eigenvalue weighted by Crippen LogP contribution is 2.34. The second-order valence-electron chi connectivity index (χ2n) is 7.80. The Kier molecular flexibility index (Phi) is 5.57. The lowest BCUT2D eigenvalue weighted by atomic mass is 9.94. The van der Waals surface area contributed by atoms with E-state index in [4.69, 9.17) is 9.47 Å². The van der Waals surface area contributed by atoms with Gasteiger partial charge in [-0.2, -0.15) is 0 Å². The highest BCUT2D eigenvalue weighted by Gasteiger charge is 2.41. The summed E-state index contributed by atoms with van der Waals surface area (Å²) >= 11 is 0. The fraction of sp³-hybridized carbons (Fsp3) is 0.600. The van der Waals surface area contributed by atoms with E-state index < -0.39 is 11.2 Å². The zero-order valence-corrected chi connectivity index (χ0v) is 15.7. The van der Waals surface area contributed by atoms with Gasteiger partial charge in [0.1, 0.15) is 17.5 Å². The number of ketones is 1. The SMILES string of the molecule is CC(=C[C@@H]1CC(C)=CC(=O)O1)CCC[C@](C)(O)C1=CC(=O)C(C)(C)O1. The van der Waals surface area contributed by atoms with E-state index in [-0.39, 0.29) is 17.9 Å². The van der Waals surface area contributed by atoms with Crippen LogP contribution in [0, 0.1) is 0 Å². The number of rotatable bonds is 6. The van der Waals surface area contributed by atoms with Crippen molar-refractivity contribution in [1.82, 2.24) is 0 Å². The van der Waals surface area contributed by atoms with Crippen molar-refractivity contribution >= 4 is 11.8 Å². The van der Waals surface area contributed by atoms with Gasteiger partial charge in [0, 0.05) is 18.6 Å². The normalized spacial score (nSPS) is 25.7. The summed E-state index contributed by atoms with van der Waals surface area (Å²) < 4.78 is 10.9. The van der Waals surface area contributed by atoms with Crippen LogP contribution < -0.4 is 0 Å². The molecule has 0 aromatic rings. The van der Waals surface area contributed by atoms with Crippen LogP contribution in [0.15, 0.2) is 35.1 Å². The molecule has 0 unspecified atom stereocenters. The number of ether oxygens (including phenoxy) is 2. The molecule has 0 radical (unpaired) electrons. The monoisotopic (exact) mass is 348 g/mol. The molecule has 2 aliphatic heterocycles. The second kappa shape index (κ2) is 7.16. The Morgan fingerprint density at radius 2 is 2.08 bits per heavy atom. The summed E-state index contributed by atoms with van der Waals surface area (Å²) in [5.41, 5.74) is 0.0676. The first kappa shape index (κ1) is 19.4. The molecule has 138 valence electrons. The van der Waals surface area contributed by atoms with Gasteiger partial charge in [0.15, 0.2) is 5.60 Å². The number of allylic oxidation sites excluding steroid dienone is 1. The van der Waals surface area contributed by atoms with Gasteiger partial charge in [-0.1, -0.05) is 11.1 Å². The van der Waals surface area contributed by atoms with Crippen molar-refractivity contribution in [3.63, 3.8) is 0 Å². The Hall–Kier alpha value is -1.88. The molecular formula is C20H28O5. The van der Waals surface area contributed by atoms with Crippen LogP contribution in [0.4, 0.5) is 0 Å². The van der Waals surface area contributed by atoms with Crippen LogP contribution >= 0.6 is 0 Å². The van der Waals surface area contributed by atoms with Crippen LogP contribution in [0.25, 0.3) is 0 Å². The Bertz CT molecular complexity index is 649. The largest absolute Gasteiger partial charge is 0.481 e. The van der Waals surface area contributed by atoms with E-state index in [2.05, 4.69) is 0 Å². The van der Waals surface area contributed by atoms with Crippen LogP contribution in [0.2, 0.25) is 0 Å². The summed E-state index contributed by atoms with van der Waals surface area (Å²) in [6.07, 6.45) is 7.40. The van der Waals surface area contributed by atoms with Gasteiger partial charge in [-0.15, -0.1) is 0 Å². The average Bonchev–Trinajstić information content (AvgIpc) is 2.72. The number of carbonyl (C=O) groups excluding carboxylic acids is 2. The van der Waals surface area contributed by atoms with Gasteiger partial charge < -0.3 is 14.6 Å². The second-order valence-corrected chi connectivity index (χ2v) is 7.80. The van der Waals surface area contributed by atoms with Crippen molar-refractivity contribution < 1.29 is 24.2 Å². The van der Waals surface area contributed by atoms with Gasteiger partial charge >= 0.3 is 5.97 Å². The third-order valence-electron chi connectivity index (χ3n) is 4.61. The molecule has 0 aliphatic carbocycles. The maximum Gasteiger partial charge on any atom is 0.331 e. The molecule has 0 saturated carbocycles. The molecule has 2 rings (SSSR count). The van der Waals surface area contributed by atoms with Gasteiger partial charge in [-0.3, -0.25) is 4.79 Å². The van der Waals surface area contributed by atoms with E-state index in [9.17, 15) is 14.7 Å². The van der Waals surface area contributed by atoms with Crippen LogP contribution in [-0.2, 0) is 19.1 Å². The predicted molar refractivity (Wildman–Crippen MR) is 94.7 cm³/mol. The molecule has 25 heavy (non-hydrogen) atoms. The molecule has 2 atom stereocenters. The molecule has 0 aromatic heterocycles. The van der Waals surface area contributed by atoms with Crippen molar-refractivity contribution in [2.45, 2.75) is 77.6 Å². The molecule has 0 bridgehead atoms. The van der Waals surface area contributed by atoms with E-state index in [0.29, 0.717) is 12.2 Å². The Morgan fingerprint density at radius 1 is 1.40 bits per heavy atom. The standard InChI is InChI=1S/C20H28O5/c1-13(9-15-10-14(2)11-18(22)24-15)7-6-8-20(5,23)17-12-16(21)19(3,4)25-17/h9,11-12,15,23H,6-8,10H2,1-5H3/t15-,20+/m1/s1. The van der Waals surface area contributed by atoms with Crippen molar-refractivity contribution in [1.29, 1.82) is 0 Å². The fourth-order valence-corrected chi connectivity index (χ4v) is 3.04. The van der Waals surface area contributed by atoms with E-state index in [1.807, 2.05) is 19.9 Å².